The van der Waals surface area contributed by atoms with Gasteiger partial charge < -0.3 is 84.3 Å². The number of phenols is 5. The number of hydrogen-bond donors (Lipinski definition) is 11. The molecule has 3 heterocycles. The Morgan fingerprint density at radius 1 is 0.800 bits per heavy atom. The number of fused-ring (bicyclic) bond motifs is 1. The van der Waals surface area contributed by atoms with Gasteiger partial charge in [0, 0.05) is 17.7 Å². The molecule has 20 heteroatoms. The van der Waals surface area contributed by atoms with Crippen molar-refractivity contribution in [2.24, 2.45) is 0 Å². The second kappa shape index (κ2) is 14.1. The van der Waals surface area contributed by atoms with Gasteiger partial charge >= 0.3 is 11.9 Å². The zero-order chi connectivity index (χ0) is 36.8. The molecule has 0 amide bonds. The number of aliphatic carboxylic acids is 1. The standard InChI is InChI=1S/C30H32O20/c1-8-19(38)23(42)25(44)29(46-8)50-28-24(43)21(40)15(7-45-17(37)6-16(35)36)48-30(28)49-27-22(41)18-11(32)4-10(31)5-14(18)47-26(27)9-2-12(33)20(39)13(34)3-9/h2-5,8,15,19,21,23-25,28-34,38-40,42-44H,6-7H2,1H3,(H,35,36)/t8-,15+,19-,21+,23+,24-,25+,28+,29-,30-/m0/s1. The summed E-state index contributed by atoms with van der Waals surface area (Å²) >= 11 is 0. The van der Waals surface area contributed by atoms with E-state index < -0.39 is 143 Å². The summed E-state index contributed by atoms with van der Waals surface area (Å²) in [5.74, 6) is -8.47. The van der Waals surface area contributed by atoms with Crippen molar-refractivity contribution in [3.63, 3.8) is 0 Å². The maximum atomic E-state index is 13.9. The maximum absolute atomic E-state index is 13.9. The third-order valence-electron chi connectivity index (χ3n) is 7.93. The molecule has 0 unspecified atom stereocenters. The molecule has 20 nitrogen and oxygen atoms in total. The first kappa shape index (κ1) is 36.4. The summed E-state index contributed by atoms with van der Waals surface area (Å²) < 4.78 is 33.2. The molecule has 2 aliphatic heterocycles. The lowest BCUT2D eigenvalue weighted by Crippen LogP contribution is -2.64. The molecule has 1 aromatic heterocycles. The van der Waals surface area contributed by atoms with E-state index in [-0.39, 0.29) is 5.56 Å². The fourth-order valence-electron chi connectivity index (χ4n) is 5.33. The third kappa shape index (κ3) is 7.04. The van der Waals surface area contributed by atoms with Gasteiger partial charge in [-0.3, -0.25) is 14.4 Å². The minimum absolute atomic E-state index is 0.348. The molecule has 2 aromatic carbocycles. The Bertz CT molecular complexity index is 1800. The topological polar surface area (TPSA) is 333 Å². The lowest BCUT2D eigenvalue weighted by molar-refractivity contribution is -0.354. The molecule has 10 atom stereocenters. The van der Waals surface area contributed by atoms with E-state index in [9.17, 15) is 65.4 Å². The average Bonchev–Trinajstić information content (AvgIpc) is 3.04. The smallest absolute Gasteiger partial charge is 0.317 e. The van der Waals surface area contributed by atoms with E-state index in [1.165, 1.54) is 6.92 Å². The summed E-state index contributed by atoms with van der Waals surface area (Å²) in [5, 5.41) is 112. The van der Waals surface area contributed by atoms with Crippen molar-refractivity contribution in [2.75, 3.05) is 6.61 Å². The van der Waals surface area contributed by atoms with Crippen LogP contribution < -0.4 is 10.2 Å². The molecule has 11 N–H and O–H groups in total. The van der Waals surface area contributed by atoms with Gasteiger partial charge in [-0.05, 0) is 19.1 Å². The van der Waals surface area contributed by atoms with E-state index in [2.05, 4.69) is 0 Å². The number of aromatic hydroxyl groups is 5. The van der Waals surface area contributed by atoms with E-state index in [0.29, 0.717) is 0 Å². The number of hydrogen-bond acceptors (Lipinski definition) is 19. The minimum Gasteiger partial charge on any atom is -0.508 e. The van der Waals surface area contributed by atoms with Crippen molar-refractivity contribution in [1.82, 2.24) is 0 Å². The molecule has 0 aliphatic carbocycles. The van der Waals surface area contributed by atoms with Gasteiger partial charge in [-0.25, -0.2) is 0 Å². The number of carbonyl (C=O) groups excluding carboxylic acids is 1. The second-order valence-corrected chi connectivity index (χ2v) is 11.5. The minimum atomic E-state index is -2.12. The van der Waals surface area contributed by atoms with Crippen molar-refractivity contribution >= 4 is 22.9 Å². The highest BCUT2D eigenvalue weighted by Gasteiger charge is 2.51. The quantitative estimate of drug-likeness (QED) is 0.0652. The first-order valence-electron chi connectivity index (χ1n) is 14.7. The van der Waals surface area contributed by atoms with E-state index in [1.807, 2.05) is 0 Å². The molecule has 2 aliphatic rings. The monoisotopic (exact) mass is 712 g/mol. The maximum Gasteiger partial charge on any atom is 0.317 e. The van der Waals surface area contributed by atoms with Gasteiger partial charge in [0.1, 0.15) is 72.1 Å². The number of aliphatic hydroxyl groups excluding tert-OH is 5. The molecular weight excluding hydrogens is 680 g/mol. The molecule has 0 radical (unpaired) electrons. The number of rotatable bonds is 9. The van der Waals surface area contributed by atoms with Gasteiger partial charge in [0.05, 0.1) is 6.10 Å². The van der Waals surface area contributed by atoms with Gasteiger partial charge in [0.2, 0.25) is 17.5 Å². The summed E-state index contributed by atoms with van der Waals surface area (Å²) in [6.07, 6.45) is -19.4. The van der Waals surface area contributed by atoms with Crippen molar-refractivity contribution in [3.8, 4) is 45.8 Å². The molecule has 0 bridgehead atoms. The van der Waals surface area contributed by atoms with Crippen molar-refractivity contribution < 1.29 is 93.9 Å². The molecule has 272 valence electrons. The highest BCUT2D eigenvalue weighted by molar-refractivity contribution is 5.90. The van der Waals surface area contributed by atoms with E-state index in [4.69, 9.17) is 33.2 Å². The van der Waals surface area contributed by atoms with E-state index >= 15 is 0 Å². The first-order valence-corrected chi connectivity index (χ1v) is 14.7. The normalized spacial score (nSPS) is 29.8. The molecule has 5 rings (SSSR count). The largest absolute Gasteiger partial charge is 0.508 e. The number of ether oxygens (including phenoxy) is 5. The molecule has 2 saturated heterocycles. The van der Waals surface area contributed by atoms with Gasteiger partial charge in [0.15, 0.2) is 35.4 Å². The number of aliphatic hydroxyl groups is 5. The van der Waals surface area contributed by atoms with Crippen molar-refractivity contribution in [2.45, 2.75) is 74.8 Å². The van der Waals surface area contributed by atoms with Crippen LogP contribution in [0.3, 0.4) is 0 Å². The molecule has 3 aromatic rings. The number of benzene rings is 2. The Morgan fingerprint density at radius 2 is 1.46 bits per heavy atom. The zero-order valence-corrected chi connectivity index (χ0v) is 25.6. The number of carboxylic acid groups (broad SMARTS) is 1. The van der Waals surface area contributed by atoms with E-state index in [0.717, 1.165) is 24.3 Å². The number of phenolic OH excluding ortho intramolecular Hbond substituents is 5. The van der Waals surface area contributed by atoms with Crippen LogP contribution in [-0.2, 0) is 28.5 Å². The highest BCUT2D eigenvalue weighted by Crippen LogP contribution is 2.43. The van der Waals surface area contributed by atoms with Gasteiger partial charge in [-0.2, -0.15) is 0 Å². The van der Waals surface area contributed by atoms with Crippen LogP contribution in [0.4, 0.5) is 0 Å². The molecule has 50 heavy (non-hydrogen) atoms. The number of carboxylic acids is 1. The second-order valence-electron chi connectivity index (χ2n) is 11.5. The highest BCUT2D eigenvalue weighted by atomic mass is 16.8. The summed E-state index contributed by atoms with van der Waals surface area (Å²) in [5.41, 5.74) is -1.99. The Kier molecular flexibility index (Phi) is 10.3. The fraction of sp³-hybridized carbons (Fsp3) is 0.433. The van der Waals surface area contributed by atoms with Crippen LogP contribution in [0.1, 0.15) is 13.3 Å². The fourth-order valence-corrected chi connectivity index (χ4v) is 5.33. The van der Waals surface area contributed by atoms with Gasteiger partial charge in [-0.15, -0.1) is 0 Å². The van der Waals surface area contributed by atoms with Crippen molar-refractivity contribution in [1.29, 1.82) is 0 Å². The van der Waals surface area contributed by atoms with Crippen LogP contribution in [0, 0.1) is 0 Å². The van der Waals surface area contributed by atoms with E-state index in [1.54, 1.807) is 0 Å². The van der Waals surface area contributed by atoms with Crippen LogP contribution in [0.2, 0.25) is 0 Å². The molecule has 0 spiro atoms. The predicted molar refractivity (Wildman–Crippen MR) is 158 cm³/mol. The van der Waals surface area contributed by atoms with Gasteiger partial charge in [-0.1, -0.05) is 0 Å². The average molecular weight is 713 g/mol. The Labute approximate surface area is 278 Å². The van der Waals surface area contributed by atoms with Crippen molar-refractivity contribution in [3.05, 3.63) is 34.5 Å². The Hall–Kier alpha value is -4.93. The molecule has 2 fully saturated rings. The lowest BCUT2D eigenvalue weighted by atomic mass is 9.97. The van der Waals surface area contributed by atoms with Crippen LogP contribution >= 0.6 is 0 Å². The summed E-state index contributed by atoms with van der Waals surface area (Å²) in [4.78, 5) is 36.7. The molecular formula is C30H32O20. The Balaban J connectivity index is 1.62. The van der Waals surface area contributed by atoms with Crippen LogP contribution in [0.15, 0.2) is 33.5 Å². The van der Waals surface area contributed by atoms with Gasteiger partial charge in [0.25, 0.3) is 0 Å². The summed E-state index contributed by atoms with van der Waals surface area (Å²) in [6, 6.07) is 3.37. The molecule has 0 saturated carbocycles. The van der Waals surface area contributed by atoms with Crippen LogP contribution in [-0.4, -0.2) is 136 Å². The summed E-state index contributed by atoms with van der Waals surface area (Å²) in [7, 11) is 0. The number of esters is 1. The first-order chi connectivity index (χ1) is 23.5. The number of carbonyl (C=O) groups is 2. The Morgan fingerprint density at radius 3 is 2.10 bits per heavy atom. The zero-order valence-electron chi connectivity index (χ0n) is 25.6. The third-order valence-corrected chi connectivity index (χ3v) is 7.93. The SMILES string of the molecule is C[C@@H]1O[C@@H](O[C@H]2[C@H](Oc3c(-c4cc(O)c(O)c(O)c4)oc4cc(O)cc(O)c4c3=O)O[C@H](COC(=O)CC(=O)O)[C@@H](O)[C@@H]2O)[C@H](O)[C@H](O)[C@H]1O. The van der Waals surface area contributed by atoms with Crippen LogP contribution in [0.25, 0.3) is 22.3 Å². The summed E-state index contributed by atoms with van der Waals surface area (Å²) in [6.45, 7) is 0.425. The van der Waals surface area contributed by atoms with Crippen LogP contribution in [0.5, 0.6) is 34.5 Å². The predicted octanol–water partition coefficient (Wildman–Crippen LogP) is -1.96. The lowest BCUT2D eigenvalue weighted by Gasteiger charge is -2.45.